The van der Waals surface area contributed by atoms with Crippen LogP contribution in [0.4, 0.5) is 5.69 Å². The Kier molecular flexibility index (Phi) is 5.07. The van der Waals surface area contributed by atoms with Gasteiger partial charge in [-0.25, -0.2) is 0 Å². The zero-order chi connectivity index (χ0) is 19.7. The van der Waals surface area contributed by atoms with E-state index in [0.717, 1.165) is 43.4 Å². The molecule has 2 heterocycles. The highest BCUT2D eigenvalue weighted by atomic mass is 16.5. The molecule has 1 saturated heterocycles. The minimum Gasteiger partial charge on any atom is -0.493 e. The lowest BCUT2D eigenvalue weighted by molar-refractivity contribution is 0.0548. The third-order valence-electron chi connectivity index (χ3n) is 5.70. The Labute approximate surface area is 165 Å². The number of carbonyl (C=O) groups is 2. The quantitative estimate of drug-likeness (QED) is 0.846. The first-order chi connectivity index (χ1) is 13.5. The van der Waals surface area contributed by atoms with Gasteiger partial charge in [-0.2, -0.15) is 0 Å². The molecule has 2 aromatic carbocycles. The minimum absolute atomic E-state index is 0.00207. The SMILES string of the molecule is Cc1ccc(C)c(C(=O)Nc2ccc3c(c2)C(=O)N2CCCCC2CCO3)c1. The molecule has 1 unspecified atom stereocenters. The minimum atomic E-state index is -0.170. The van der Waals surface area contributed by atoms with Crippen molar-refractivity contribution < 1.29 is 14.3 Å². The first-order valence-corrected chi connectivity index (χ1v) is 9.99. The number of ether oxygens (including phenoxy) is 1. The predicted molar refractivity (Wildman–Crippen MR) is 109 cm³/mol. The summed E-state index contributed by atoms with van der Waals surface area (Å²) in [7, 11) is 0. The van der Waals surface area contributed by atoms with Crippen molar-refractivity contribution >= 4 is 17.5 Å². The molecule has 0 bridgehead atoms. The fraction of sp³-hybridized carbons (Fsp3) is 0.391. The lowest BCUT2D eigenvalue weighted by atomic mass is 9.97. The molecule has 1 N–H and O–H groups in total. The first-order valence-electron chi connectivity index (χ1n) is 9.99. The van der Waals surface area contributed by atoms with Crippen LogP contribution in [0.3, 0.4) is 0 Å². The second-order valence-electron chi connectivity index (χ2n) is 7.77. The van der Waals surface area contributed by atoms with Gasteiger partial charge in [-0.1, -0.05) is 17.7 Å². The highest BCUT2D eigenvalue weighted by Gasteiger charge is 2.31. The average molecular weight is 378 g/mol. The van der Waals surface area contributed by atoms with E-state index >= 15 is 0 Å². The molecule has 146 valence electrons. The largest absolute Gasteiger partial charge is 0.493 e. The Bertz CT molecular complexity index is 922. The van der Waals surface area contributed by atoms with Gasteiger partial charge in [-0.15, -0.1) is 0 Å². The molecule has 1 atom stereocenters. The Morgan fingerprint density at radius 1 is 1.11 bits per heavy atom. The molecule has 0 saturated carbocycles. The maximum atomic E-state index is 13.2. The summed E-state index contributed by atoms with van der Waals surface area (Å²) in [5.41, 5.74) is 3.74. The highest BCUT2D eigenvalue weighted by molar-refractivity contribution is 6.06. The molecule has 1 fully saturated rings. The molecule has 4 rings (SSSR count). The van der Waals surface area contributed by atoms with E-state index < -0.39 is 0 Å². The molecule has 2 aliphatic rings. The maximum absolute atomic E-state index is 13.2. The van der Waals surface area contributed by atoms with Gasteiger partial charge in [0.25, 0.3) is 11.8 Å². The van der Waals surface area contributed by atoms with Gasteiger partial charge in [0.1, 0.15) is 5.75 Å². The van der Waals surface area contributed by atoms with Crippen LogP contribution in [-0.2, 0) is 0 Å². The van der Waals surface area contributed by atoms with Crippen LogP contribution in [0.25, 0.3) is 0 Å². The van der Waals surface area contributed by atoms with E-state index in [0.29, 0.717) is 29.2 Å². The summed E-state index contributed by atoms with van der Waals surface area (Å²) < 4.78 is 5.87. The van der Waals surface area contributed by atoms with Crippen molar-refractivity contribution in [3.63, 3.8) is 0 Å². The Hall–Kier alpha value is -2.82. The van der Waals surface area contributed by atoms with Crippen LogP contribution in [-0.4, -0.2) is 35.9 Å². The van der Waals surface area contributed by atoms with Gasteiger partial charge in [0.2, 0.25) is 0 Å². The number of fused-ring (bicyclic) bond motifs is 2. The van der Waals surface area contributed by atoms with Crippen LogP contribution in [0, 0.1) is 13.8 Å². The molecule has 2 amide bonds. The van der Waals surface area contributed by atoms with Gasteiger partial charge >= 0.3 is 0 Å². The van der Waals surface area contributed by atoms with Gasteiger partial charge < -0.3 is 15.0 Å². The molecule has 5 heteroatoms. The number of benzene rings is 2. The smallest absolute Gasteiger partial charge is 0.257 e. The van der Waals surface area contributed by atoms with Gasteiger partial charge in [-0.3, -0.25) is 9.59 Å². The van der Waals surface area contributed by atoms with Crippen molar-refractivity contribution in [2.24, 2.45) is 0 Å². The summed E-state index contributed by atoms with van der Waals surface area (Å²) in [6.07, 6.45) is 4.11. The van der Waals surface area contributed by atoms with Crippen LogP contribution in [0.5, 0.6) is 5.75 Å². The zero-order valence-corrected chi connectivity index (χ0v) is 16.5. The lowest BCUT2D eigenvalue weighted by Gasteiger charge is -2.37. The average Bonchev–Trinajstić information content (AvgIpc) is 2.69. The molecule has 2 aliphatic heterocycles. The van der Waals surface area contributed by atoms with E-state index in [4.69, 9.17) is 4.74 Å². The second-order valence-corrected chi connectivity index (χ2v) is 7.77. The fourth-order valence-corrected chi connectivity index (χ4v) is 4.11. The standard InChI is InChI=1S/C23H26N2O3/c1-15-6-7-16(2)19(13-15)22(26)24-17-8-9-21-20(14-17)23(27)25-11-4-3-5-18(25)10-12-28-21/h6-9,13-14,18H,3-5,10-12H2,1-2H3,(H,24,26). The topological polar surface area (TPSA) is 58.6 Å². The van der Waals surface area contributed by atoms with E-state index in [9.17, 15) is 9.59 Å². The van der Waals surface area contributed by atoms with E-state index in [1.807, 2.05) is 36.9 Å². The number of aryl methyl sites for hydroxylation is 2. The highest BCUT2D eigenvalue weighted by Crippen LogP contribution is 2.31. The normalized spacial score (nSPS) is 19.0. The molecular formula is C23H26N2O3. The number of piperidine rings is 1. The molecule has 2 aromatic rings. The monoisotopic (exact) mass is 378 g/mol. The molecular weight excluding hydrogens is 352 g/mol. The van der Waals surface area contributed by atoms with Crippen LogP contribution in [0.15, 0.2) is 36.4 Å². The van der Waals surface area contributed by atoms with Crippen LogP contribution >= 0.6 is 0 Å². The number of hydrogen-bond donors (Lipinski definition) is 1. The molecule has 0 aromatic heterocycles. The van der Waals surface area contributed by atoms with Crippen molar-refractivity contribution in [1.29, 1.82) is 0 Å². The number of amides is 2. The van der Waals surface area contributed by atoms with E-state index in [-0.39, 0.29) is 17.9 Å². The van der Waals surface area contributed by atoms with E-state index in [2.05, 4.69) is 5.32 Å². The third kappa shape index (κ3) is 3.61. The molecule has 28 heavy (non-hydrogen) atoms. The fourth-order valence-electron chi connectivity index (χ4n) is 4.11. The number of anilines is 1. The summed E-state index contributed by atoms with van der Waals surface area (Å²) in [5, 5.41) is 2.94. The summed E-state index contributed by atoms with van der Waals surface area (Å²) in [5.74, 6) is 0.428. The van der Waals surface area contributed by atoms with E-state index in [1.54, 1.807) is 18.2 Å². The number of nitrogens with one attached hydrogen (secondary N) is 1. The molecule has 0 aliphatic carbocycles. The number of rotatable bonds is 2. The van der Waals surface area contributed by atoms with Crippen LogP contribution in [0.1, 0.15) is 57.5 Å². The Balaban J connectivity index is 1.61. The van der Waals surface area contributed by atoms with Crippen molar-refractivity contribution in [2.75, 3.05) is 18.5 Å². The van der Waals surface area contributed by atoms with Crippen LogP contribution < -0.4 is 10.1 Å². The van der Waals surface area contributed by atoms with Gasteiger partial charge in [-0.05, 0) is 62.9 Å². The summed E-state index contributed by atoms with van der Waals surface area (Å²) >= 11 is 0. The summed E-state index contributed by atoms with van der Waals surface area (Å²) in [6.45, 7) is 5.28. The molecule has 0 radical (unpaired) electrons. The van der Waals surface area contributed by atoms with Crippen molar-refractivity contribution in [3.8, 4) is 5.75 Å². The van der Waals surface area contributed by atoms with Gasteiger partial charge in [0.15, 0.2) is 0 Å². The maximum Gasteiger partial charge on any atom is 0.257 e. The molecule has 5 nitrogen and oxygen atoms in total. The number of hydrogen-bond acceptors (Lipinski definition) is 3. The lowest BCUT2D eigenvalue weighted by Crippen LogP contribution is -2.45. The number of carbonyl (C=O) groups excluding carboxylic acids is 2. The summed E-state index contributed by atoms with van der Waals surface area (Å²) in [6, 6.07) is 11.4. The number of nitrogens with zero attached hydrogens (tertiary/aromatic N) is 1. The van der Waals surface area contributed by atoms with Gasteiger partial charge in [0.05, 0.1) is 12.2 Å². The Morgan fingerprint density at radius 3 is 2.82 bits per heavy atom. The van der Waals surface area contributed by atoms with Crippen molar-refractivity contribution in [3.05, 3.63) is 58.7 Å². The second kappa shape index (κ2) is 7.66. The third-order valence-corrected chi connectivity index (χ3v) is 5.70. The molecule has 0 spiro atoms. The van der Waals surface area contributed by atoms with Gasteiger partial charge in [0, 0.05) is 30.3 Å². The summed E-state index contributed by atoms with van der Waals surface area (Å²) in [4.78, 5) is 27.9. The van der Waals surface area contributed by atoms with Crippen molar-refractivity contribution in [1.82, 2.24) is 4.90 Å². The van der Waals surface area contributed by atoms with Crippen molar-refractivity contribution in [2.45, 2.75) is 45.6 Å². The Morgan fingerprint density at radius 2 is 1.96 bits per heavy atom. The first kappa shape index (κ1) is 18.5. The zero-order valence-electron chi connectivity index (χ0n) is 16.5. The van der Waals surface area contributed by atoms with Crippen LogP contribution in [0.2, 0.25) is 0 Å². The predicted octanol–water partition coefficient (Wildman–Crippen LogP) is 4.33. The van der Waals surface area contributed by atoms with E-state index in [1.165, 1.54) is 0 Å².